The lowest BCUT2D eigenvalue weighted by Crippen LogP contribution is -2.15. The summed E-state index contributed by atoms with van der Waals surface area (Å²) in [6.45, 7) is 0.287. The number of benzene rings is 4. The van der Waals surface area contributed by atoms with E-state index in [4.69, 9.17) is 37.4 Å². The van der Waals surface area contributed by atoms with E-state index >= 15 is 0 Å². The van der Waals surface area contributed by atoms with E-state index in [0.29, 0.717) is 39.2 Å². The van der Waals surface area contributed by atoms with Gasteiger partial charge >= 0.3 is 12.2 Å². The quantitative estimate of drug-likeness (QED) is 0.163. The number of methoxy groups -OCH3 is 2. The first kappa shape index (κ1) is 31.7. The van der Waals surface area contributed by atoms with Crippen molar-refractivity contribution >= 4 is 34.8 Å². The van der Waals surface area contributed by atoms with Gasteiger partial charge < -0.3 is 19.5 Å². The van der Waals surface area contributed by atoms with Gasteiger partial charge in [-0.25, -0.2) is 4.68 Å². The Bertz CT molecular complexity index is 1830. The summed E-state index contributed by atoms with van der Waals surface area (Å²) in [6, 6.07) is 22.4. The molecule has 0 aliphatic carbocycles. The Kier molecular flexibility index (Phi) is 9.50. The summed E-state index contributed by atoms with van der Waals surface area (Å²) in [5, 5.41) is 7.85. The summed E-state index contributed by atoms with van der Waals surface area (Å²) < 4.78 is 57.9. The van der Waals surface area contributed by atoms with Crippen LogP contribution in [0.4, 0.5) is 18.9 Å². The fourth-order valence-corrected chi connectivity index (χ4v) is 4.70. The highest BCUT2D eigenvalue weighted by Gasteiger charge is 2.35. The first-order chi connectivity index (χ1) is 21.5. The van der Waals surface area contributed by atoms with Crippen LogP contribution in [0.2, 0.25) is 10.0 Å². The van der Waals surface area contributed by atoms with Crippen molar-refractivity contribution in [3.05, 3.63) is 112 Å². The molecular weight excluding hydrogens is 632 g/mol. The largest absolute Gasteiger partial charge is 0.497 e. The van der Waals surface area contributed by atoms with Gasteiger partial charge in [0.05, 0.1) is 42.1 Å². The average molecular weight is 657 g/mol. The zero-order valence-corrected chi connectivity index (χ0v) is 25.4. The summed E-state index contributed by atoms with van der Waals surface area (Å²) in [7, 11) is 2.73. The third-order valence-corrected chi connectivity index (χ3v) is 7.40. The molecular formula is C32H25Cl2F3N4O4. The van der Waals surface area contributed by atoms with Crippen LogP contribution in [0.1, 0.15) is 21.5 Å². The summed E-state index contributed by atoms with van der Waals surface area (Å²) in [4.78, 5) is 17.5. The standard InChI is InChI=1S/C32H25Cl2F3N4O4/c1-43-24-10-6-19(7-11-24)14-15-45-31-39-29(20-8-12-26(33)27(34)17-20)41(40-31)23-5-3-4-22(18-23)38-30(42)21-9-13-28(44-2)25(16-21)32(35,36)37/h3-13,16-18H,14-15H2,1-2H3,(H,38,42). The lowest BCUT2D eigenvalue weighted by molar-refractivity contribution is -0.138. The van der Waals surface area contributed by atoms with E-state index in [1.54, 1.807) is 49.6 Å². The van der Waals surface area contributed by atoms with Crippen LogP contribution >= 0.6 is 23.2 Å². The van der Waals surface area contributed by atoms with Crippen molar-refractivity contribution in [2.75, 3.05) is 26.1 Å². The van der Waals surface area contributed by atoms with Gasteiger partial charge in [0.25, 0.3) is 5.91 Å². The number of nitrogens with zero attached hydrogens (tertiary/aromatic N) is 3. The Hall–Kier alpha value is -4.74. The third kappa shape index (κ3) is 7.50. The number of hydrogen-bond acceptors (Lipinski definition) is 6. The van der Waals surface area contributed by atoms with Crippen LogP contribution in [0, 0.1) is 0 Å². The molecule has 232 valence electrons. The van der Waals surface area contributed by atoms with Crippen molar-refractivity contribution in [3.8, 4) is 34.6 Å². The number of anilines is 1. The molecule has 45 heavy (non-hydrogen) atoms. The topological polar surface area (TPSA) is 87.5 Å². The number of rotatable bonds is 10. The summed E-state index contributed by atoms with van der Waals surface area (Å²) in [5.74, 6) is -0.00322. The van der Waals surface area contributed by atoms with Crippen molar-refractivity contribution < 1.29 is 32.2 Å². The van der Waals surface area contributed by atoms with Crippen molar-refractivity contribution in [3.63, 3.8) is 0 Å². The molecule has 0 saturated carbocycles. The Morgan fingerprint density at radius 1 is 0.911 bits per heavy atom. The Balaban J connectivity index is 1.42. The second-order valence-electron chi connectivity index (χ2n) is 9.62. The summed E-state index contributed by atoms with van der Waals surface area (Å²) >= 11 is 12.4. The number of carbonyl (C=O) groups is 1. The number of nitrogens with one attached hydrogen (secondary N) is 1. The molecule has 0 fully saturated rings. The number of hydrogen-bond donors (Lipinski definition) is 1. The van der Waals surface area contributed by atoms with Gasteiger partial charge in [-0.05, 0) is 72.3 Å². The predicted octanol–water partition coefficient (Wildman–Crippen LogP) is 8.15. The van der Waals surface area contributed by atoms with Gasteiger partial charge in [-0.15, -0.1) is 5.10 Å². The minimum absolute atomic E-state index is 0.0944. The highest BCUT2D eigenvalue weighted by Crippen LogP contribution is 2.37. The molecule has 1 amide bonds. The molecule has 0 aliphatic rings. The first-order valence-electron chi connectivity index (χ1n) is 13.4. The Morgan fingerprint density at radius 3 is 2.38 bits per heavy atom. The van der Waals surface area contributed by atoms with Crippen LogP contribution < -0.4 is 19.5 Å². The SMILES string of the molecule is COc1ccc(CCOc2nc(-c3ccc(Cl)c(Cl)c3)n(-c3cccc(NC(=O)c4ccc(OC)c(C(F)(F)F)c4)c3)n2)cc1. The number of aromatic nitrogens is 3. The molecule has 8 nitrogen and oxygen atoms in total. The van der Waals surface area contributed by atoms with Gasteiger partial charge in [-0.2, -0.15) is 18.2 Å². The van der Waals surface area contributed by atoms with E-state index in [1.165, 1.54) is 10.7 Å². The highest BCUT2D eigenvalue weighted by atomic mass is 35.5. The number of ether oxygens (including phenoxy) is 3. The van der Waals surface area contributed by atoms with Crippen molar-refractivity contribution in [2.45, 2.75) is 12.6 Å². The van der Waals surface area contributed by atoms with Crippen molar-refractivity contribution in [2.24, 2.45) is 0 Å². The van der Waals surface area contributed by atoms with Crippen LogP contribution in [0.3, 0.4) is 0 Å². The molecule has 1 N–H and O–H groups in total. The van der Waals surface area contributed by atoms with Crippen LogP contribution in [-0.2, 0) is 12.6 Å². The van der Waals surface area contributed by atoms with Gasteiger partial charge in [0.15, 0.2) is 5.82 Å². The van der Waals surface area contributed by atoms with Crippen LogP contribution in [-0.4, -0.2) is 41.5 Å². The molecule has 0 spiro atoms. The van der Waals surface area contributed by atoms with Crippen LogP contribution in [0.25, 0.3) is 17.1 Å². The fraction of sp³-hybridized carbons (Fsp3) is 0.156. The second kappa shape index (κ2) is 13.5. The molecule has 13 heteroatoms. The van der Waals surface area contributed by atoms with Crippen molar-refractivity contribution in [1.29, 1.82) is 0 Å². The number of alkyl halides is 3. The van der Waals surface area contributed by atoms with Gasteiger partial charge in [0, 0.05) is 23.2 Å². The zero-order chi connectivity index (χ0) is 32.1. The normalized spacial score (nSPS) is 11.3. The third-order valence-electron chi connectivity index (χ3n) is 6.66. The smallest absolute Gasteiger partial charge is 0.419 e. The Morgan fingerprint density at radius 2 is 1.69 bits per heavy atom. The summed E-state index contributed by atoms with van der Waals surface area (Å²) in [5.41, 5.74) is 1.16. The molecule has 0 atom stereocenters. The second-order valence-corrected chi connectivity index (χ2v) is 10.4. The Labute approximate surface area is 266 Å². The van der Waals surface area contributed by atoms with E-state index in [1.807, 2.05) is 24.3 Å². The lowest BCUT2D eigenvalue weighted by atomic mass is 10.1. The highest BCUT2D eigenvalue weighted by molar-refractivity contribution is 6.42. The fourth-order valence-electron chi connectivity index (χ4n) is 4.40. The van der Waals surface area contributed by atoms with E-state index in [2.05, 4.69) is 15.4 Å². The lowest BCUT2D eigenvalue weighted by Gasteiger charge is -2.14. The van der Waals surface area contributed by atoms with Crippen LogP contribution in [0.5, 0.6) is 17.5 Å². The monoisotopic (exact) mass is 656 g/mol. The van der Waals surface area contributed by atoms with E-state index in [-0.39, 0.29) is 23.9 Å². The van der Waals surface area contributed by atoms with Crippen molar-refractivity contribution in [1.82, 2.24) is 14.8 Å². The molecule has 5 rings (SSSR count). The molecule has 0 aliphatic heterocycles. The number of carbonyl (C=O) groups excluding carboxylic acids is 1. The summed E-state index contributed by atoms with van der Waals surface area (Å²) in [6.07, 6.45) is -4.12. The minimum Gasteiger partial charge on any atom is -0.497 e. The van der Waals surface area contributed by atoms with Gasteiger partial charge in [0.1, 0.15) is 11.5 Å². The maximum atomic E-state index is 13.5. The van der Waals surface area contributed by atoms with E-state index in [0.717, 1.165) is 30.6 Å². The molecule has 0 unspecified atom stereocenters. The predicted molar refractivity (Wildman–Crippen MR) is 165 cm³/mol. The maximum Gasteiger partial charge on any atom is 0.419 e. The molecule has 0 bridgehead atoms. The van der Waals surface area contributed by atoms with E-state index < -0.39 is 17.6 Å². The molecule has 4 aromatic carbocycles. The molecule has 5 aromatic rings. The number of halogens is 5. The maximum absolute atomic E-state index is 13.5. The van der Waals surface area contributed by atoms with E-state index in [9.17, 15) is 18.0 Å². The molecule has 1 heterocycles. The van der Waals surface area contributed by atoms with Gasteiger partial charge in [-0.3, -0.25) is 4.79 Å². The first-order valence-corrected chi connectivity index (χ1v) is 14.2. The minimum atomic E-state index is -4.70. The van der Waals surface area contributed by atoms with Crippen LogP contribution in [0.15, 0.2) is 84.9 Å². The molecule has 0 radical (unpaired) electrons. The average Bonchev–Trinajstić information content (AvgIpc) is 3.46. The zero-order valence-electron chi connectivity index (χ0n) is 23.9. The number of amides is 1. The molecule has 0 saturated heterocycles. The van der Waals surface area contributed by atoms with Gasteiger partial charge in [-0.1, -0.05) is 41.4 Å². The molecule has 1 aromatic heterocycles. The van der Waals surface area contributed by atoms with Gasteiger partial charge in [0.2, 0.25) is 0 Å².